The fourth-order valence-electron chi connectivity index (χ4n) is 1.14. The average Bonchev–Trinajstić information content (AvgIpc) is 2.25. The van der Waals surface area contributed by atoms with Gasteiger partial charge in [-0.2, -0.15) is 0 Å². The number of benzene rings is 1. The molecule has 0 radical (unpaired) electrons. The molecule has 0 fully saturated rings. The second-order valence-electron chi connectivity index (χ2n) is 3.50. The second-order valence-corrected chi connectivity index (χ2v) is 4.35. The molecule has 0 spiro atoms. The predicted molar refractivity (Wildman–Crippen MR) is 67.1 cm³/mol. The molecule has 88 valence electrons. The van der Waals surface area contributed by atoms with Gasteiger partial charge in [-0.05, 0) is 24.6 Å². The van der Waals surface area contributed by atoms with Crippen molar-refractivity contribution in [1.29, 1.82) is 0 Å². The first-order chi connectivity index (χ1) is 7.54. The third-order valence-electron chi connectivity index (χ3n) is 2.22. The van der Waals surface area contributed by atoms with E-state index in [0.717, 1.165) is 6.42 Å². The van der Waals surface area contributed by atoms with Crippen molar-refractivity contribution >= 4 is 29.1 Å². The van der Waals surface area contributed by atoms with E-state index in [2.05, 4.69) is 5.32 Å². The molecule has 0 aliphatic carbocycles. The van der Waals surface area contributed by atoms with E-state index in [1.165, 1.54) is 6.07 Å². The lowest BCUT2D eigenvalue weighted by atomic mass is 10.2. The Morgan fingerprint density at radius 3 is 2.75 bits per heavy atom. The Balaban J connectivity index is 2.66. The van der Waals surface area contributed by atoms with Crippen molar-refractivity contribution in [2.75, 3.05) is 6.54 Å². The van der Waals surface area contributed by atoms with Gasteiger partial charge in [0.05, 0.1) is 10.6 Å². The lowest BCUT2D eigenvalue weighted by Gasteiger charge is -2.11. The molecule has 5 heteroatoms. The zero-order valence-corrected chi connectivity index (χ0v) is 10.5. The molecule has 0 aromatic heterocycles. The lowest BCUT2D eigenvalue weighted by molar-refractivity contribution is 0.0951. The van der Waals surface area contributed by atoms with Crippen LogP contribution in [0.2, 0.25) is 10.0 Å². The summed E-state index contributed by atoms with van der Waals surface area (Å²) in [6, 6.07) is 4.73. The first-order valence-electron chi connectivity index (χ1n) is 5.03. The van der Waals surface area contributed by atoms with E-state index < -0.39 is 0 Å². The van der Waals surface area contributed by atoms with Crippen molar-refractivity contribution in [2.24, 2.45) is 5.73 Å². The van der Waals surface area contributed by atoms with E-state index >= 15 is 0 Å². The number of carbonyl (C=O) groups is 1. The zero-order valence-electron chi connectivity index (χ0n) is 8.97. The molecule has 1 atom stereocenters. The van der Waals surface area contributed by atoms with Gasteiger partial charge in [0.25, 0.3) is 5.91 Å². The van der Waals surface area contributed by atoms with Crippen molar-refractivity contribution in [3.63, 3.8) is 0 Å². The number of hydrogen-bond donors (Lipinski definition) is 2. The highest BCUT2D eigenvalue weighted by molar-refractivity contribution is 6.36. The zero-order chi connectivity index (χ0) is 12.1. The van der Waals surface area contributed by atoms with Crippen molar-refractivity contribution < 1.29 is 4.79 Å². The molecule has 16 heavy (non-hydrogen) atoms. The number of nitrogens with two attached hydrogens (primary N) is 1. The van der Waals surface area contributed by atoms with Crippen molar-refractivity contribution in [1.82, 2.24) is 5.32 Å². The SMILES string of the molecule is CCC(N)CNC(=O)c1ccc(Cl)cc1Cl. The fraction of sp³-hybridized carbons (Fsp3) is 0.364. The normalized spacial score (nSPS) is 12.2. The predicted octanol–water partition coefficient (Wildman–Crippen LogP) is 2.46. The molecule has 0 saturated heterocycles. The number of nitrogens with one attached hydrogen (secondary N) is 1. The fourth-order valence-corrected chi connectivity index (χ4v) is 1.63. The molecule has 1 unspecified atom stereocenters. The van der Waals surface area contributed by atoms with Gasteiger partial charge in [-0.1, -0.05) is 30.1 Å². The minimum Gasteiger partial charge on any atom is -0.350 e. The molecule has 1 aromatic carbocycles. The van der Waals surface area contributed by atoms with Gasteiger partial charge in [-0.3, -0.25) is 4.79 Å². The van der Waals surface area contributed by atoms with Crippen LogP contribution in [0.5, 0.6) is 0 Å². The van der Waals surface area contributed by atoms with Crippen LogP contribution in [0.4, 0.5) is 0 Å². The maximum absolute atomic E-state index is 11.7. The Labute approximate surface area is 105 Å². The van der Waals surface area contributed by atoms with Crippen LogP contribution in [0.3, 0.4) is 0 Å². The standard InChI is InChI=1S/C11H14Cl2N2O/c1-2-8(14)6-15-11(16)9-4-3-7(12)5-10(9)13/h3-5,8H,2,6,14H2,1H3,(H,15,16). The van der Waals surface area contributed by atoms with Crippen LogP contribution < -0.4 is 11.1 Å². The van der Waals surface area contributed by atoms with Gasteiger partial charge in [0.1, 0.15) is 0 Å². The molecule has 1 aromatic rings. The molecule has 0 saturated carbocycles. The Morgan fingerprint density at radius 1 is 1.50 bits per heavy atom. The van der Waals surface area contributed by atoms with Gasteiger partial charge in [-0.25, -0.2) is 0 Å². The highest BCUT2D eigenvalue weighted by Gasteiger charge is 2.11. The molecular formula is C11H14Cl2N2O. The quantitative estimate of drug-likeness (QED) is 0.874. The second kappa shape index (κ2) is 6.09. The van der Waals surface area contributed by atoms with Gasteiger partial charge in [0.2, 0.25) is 0 Å². The van der Waals surface area contributed by atoms with Gasteiger partial charge < -0.3 is 11.1 Å². The van der Waals surface area contributed by atoms with Crippen LogP contribution in [-0.4, -0.2) is 18.5 Å². The van der Waals surface area contributed by atoms with E-state index in [-0.39, 0.29) is 11.9 Å². The summed E-state index contributed by atoms with van der Waals surface area (Å²) in [5, 5.41) is 3.57. The van der Waals surface area contributed by atoms with Gasteiger partial charge in [-0.15, -0.1) is 0 Å². The van der Waals surface area contributed by atoms with Crippen LogP contribution in [0, 0.1) is 0 Å². The smallest absolute Gasteiger partial charge is 0.252 e. The minimum atomic E-state index is -0.231. The maximum atomic E-state index is 11.7. The van der Waals surface area contributed by atoms with Crippen LogP contribution in [-0.2, 0) is 0 Å². The van der Waals surface area contributed by atoms with E-state index in [1.54, 1.807) is 12.1 Å². The van der Waals surface area contributed by atoms with E-state index in [0.29, 0.717) is 22.2 Å². The third-order valence-corrected chi connectivity index (χ3v) is 2.77. The number of hydrogen-bond acceptors (Lipinski definition) is 2. The Morgan fingerprint density at radius 2 is 2.19 bits per heavy atom. The Kier molecular flexibility index (Phi) is 5.06. The molecule has 1 amide bonds. The summed E-state index contributed by atoms with van der Waals surface area (Å²) in [5.74, 6) is -0.231. The molecule has 3 nitrogen and oxygen atoms in total. The largest absolute Gasteiger partial charge is 0.350 e. The summed E-state index contributed by atoms with van der Waals surface area (Å²) >= 11 is 11.6. The Bertz CT molecular complexity index is 382. The summed E-state index contributed by atoms with van der Waals surface area (Å²) in [7, 11) is 0. The highest BCUT2D eigenvalue weighted by atomic mass is 35.5. The van der Waals surface area contributed by atoms with Crippen LogP contribution >= 0.6 is 23.2 Å². The Hall–Kier alpha value is -0.770. The van der Waals surface area contributed by atoms with Crippen LogP contribution in [0.1, 0.15) is 23.7 Å². The molecule has 0 bridgehead atoms. The van der Waals surface area contributed by atoms with Crippen LogP contribution in [0.25, 0.3) is 0 Å². The molecule has 1 rings (SSSR count). The van der Waals surface area contributed by atoms with Crippen molar-refractivity contribution in [3.8, 4) is 0 Å². The summed E-state index contributed by atoms with van der Waals surface area (Å²) in [5.41, 5.74) is 6.10. The van der Waals surface area contributed by atoms with E-state index in [1.807, 2.05) is 6.92 Å². The van der Waals surface area contributed by atoms with E-state index in [9.17, 15) is 4.79 Å². The molecule has 0 aliphatic heterocycles. The number of carbonyl (C=O) groups excluding carboxylic acids is 1. The molecule has 0 aliphatic rings. The molecular weight excluding hydrogens is 247 g/mol. The minimum absolute atomic E-state index is 0.0324. The first kappa shape index (κ1) is 13.3. The van der Waals surface area contributed by atoms with Gasteiger partial charge in [0.15, 0.2) is 0 Å². The van der Waals surface area contributed by atoms with Gasteiger partial charge in [0, 0.05) is 17.6 Å². The van der Waals surface area contributed by atoms with Crippen LogP contribution in [0.15, 0.2) is 18.2 Å². The number of rotatable bonds is 4. The molecule has 0 heterocycles. The number of halogens is 2. The first-order valence-corrected chi connectivity index (χ1v) is 5.79. The van der Waals surface area contributed by atoms with Gasteiger partial charge >= 0.3 is 0 Å². The lowest BCUT2D eigenvalue weighted by Crippen LogP contribution is -2.36. The number of amides is 1. The topological polar surface area (TPSA) is 55.1 Å². The monoisotopic (exact) mass is 260 g/mol. The highest BCUT2D eigenvalue weighted by Crippen LogP contribution is 2.20. The maximum Gasteiger partial charge on any atom is 0.252 e. The van der Waals surface area contributed by atoms with Crippen molar-refractivity contribution in [2.45, 2.75) is 19.4 Å². The summed E-state index contributed by atoms with van der Waals surface area (Å²) < 4.78 is 0. The summed E-state index contributed by atoms with van der Waals surface area (Å²) in [6.07, 6.45) is 0.814. The third kappa shape index (κ3) is 3.67. The van der Waals surface area contributed by atoms with Crippen molar-refractivity contribution in [3.05, 3.63) is 33.8 Å². The summed E-state index contributed by atoms with van der Waals surface area (Å²) in [4.78, 5) is 11.7. The molecule has 3 N–H and O–H groups in total. The average molecular weight is 261 g/mol. The van der Waals surface area contributed by atoms with E-state index in [4.69, 9.17) is 28.9 Å². The summed E-state index contributed by atoms with van der Waals surface area (Å²) in [6.45, 7) is 2.40.